The van der Waals surface area contributed by atoms with Gasteiger partial charge in [0.05, 0.1) is 6.42 Å². The van der Waals surface area contributed by atoms with Crippen LogP contribution in [0.3, 0.4) is 0 Å². The van der Waals surface area contributed by atoms with Gasteiger partial charge in [-0.15, -0.1) is 0 Å². The molecule has 1 aromatic rings. The van der Waals surface area contributed by atoms with E-state index in [2.05, 4.69) is 4.98 Å². The molecule has 0 bridgehead atoms. The molecule has 0 aliphatic carbocycles. The first kappa shape index (κ1) is 10.4. The lowest BCUT2D eigenvalue weighted by Gasteiger charge is -2.05. The van der Waals surface area contributed by atoms with Crippen LogP contribution in [0.2, 0.25) is 0 Å². The van der Waals surface area contributed by atoms with E-state index < -0.39 is 11.9 Å². The molecule has 1 unspecified atom stereocenters. The van der Waals surface area contributed by atoms with Gasteiger partial charge in [-0.25, -0.2) is 0 Å². The second-order valence-electron chi connectivity index (χ2n) is 3.08. The molecule has 0 aromatic carbocycles. The van der Waals surface area contributed by atoms with Crippen LogP contribution in [0.5, 0.6) is 0 Å². The molecule has 14 heavy (non-hydrogen) atoms. The Morgan fingerprint density at radius 3 is 2.71 bits per heavy atom. The van der Waals surface area contributed by atoms with Crippen LogP contribution in [0, 0.1) is 5.92 Å². The van der Waals surface area contributed by atoms with Crippen molar-refractivity contribution in [2.45, 2.75) is 13.3 Å². The Kier molecular flexibility index (Phi) is 3.34. The fourth-order valence-electron chi connectivity index (χ4n) is 1.12. The normalized spacial score (nSPS) is 12.1. The predicted molar refractivity (Wildman–Crippen MR) is 50.0 cm³/mol. The quantitative estimate of drug-likeness (QED) is 0.733. The minimum atomic E-state index is -0.971. The Morgan fingerprint density at radius 2 is 2.21 bits per heavy atom. The van der Waals surface area contributed by atoms with Gasteiger partial charge in [0.2, 0.25) is 0 Å². The zero-order chi connectivity index (χ0) is 10.6. The van der Waals surface area contributed by atoms with Gasteiger partial charge in [-0.05, 0) is 12.1 Å². The highest BCUT2D eigenvalue weighted by Gasteiger charge is 2.18. The number of hydrogen-bond donors (Lipinski definition) is 1. The monoisotopic (exact) mass is 193 g/mol. The van der Waals surface area contributed by atoms with Crippen molar-refractivity contribution in [3.63, 3.8) is 0 Å². The van der Waals surface area contributed by atoms with Crippen LogP contribution in [-0.2, 0) is 4.79 Å². The number of carbonyl (C=O) groups is 2. The van der Waals surface area contributed by atoms with Gasteiger partial charge in [0.25, 0.3) is 0 Å². The number of carboxylic acid groups (broad SMARTS) is 1. The minimum absolute atomic E-state index is 0.157. The molecule has 1 aromatic heterocycles. The third-order valence-corrected chi connectivity index (χ3v) is 1.85. The zero-order valence-electron chi connectivity index (χ0n) is 7.80. The van der Waals surface area contributed by atoms with Gasteiger partial charge in [0.15, 0.2) is 5.78 Å². The molecular weight excluding hydrogens is 182 g/mol. The predicted octanol–water partition coefficient (Wildman–Crippen LogP) is 1.38. The molecule has 0 radical (unpaired) electrons. The molecule has 1 heterocycles. The highest BCUT2D eigenvalue weighted by molar-refractivity contribution is 5.97. The Balaban J connectivity index is 2.71. The Labute approximate surface area is 81.6 Å². The summed E-state index contributed by atoms with van der Waals surface area (Å²) in [7, 11) is 0. The van der Waals surface area contributed by atoms with E-state index in [1.807, 2.05) is 0 Å². The number of nitrogens with zero attached hydrogens (tertiary/aromatic N) is 1. The van der Waals surface area contributed by atoms with E-state index in [1.165, 1.54) is 6.20 Å². The fourth-order valence-corrected chi connectivity index (χ4v) is 1.12. The maximum absolute atomic E-state index is 11.6. The first-order valence-corrected chi connectivity index (χ1v) is 4.28. The second kappa shape index (κ2) is 4.50. The molecule has 0 spiro atoms. The second-order valence-corrected chi connectivity index (χ2v) is 3.08. The van der Waals surface area contributed by atoms with Crippen LogP contribution in [0.4, 0.5) is 0 Å². The maximum Gasteiger partial charge on any atom is 0.304 e. The SMILES string of the molecule is CC(CC(=O)O)C(=O)c1ccccn1. The van der Waals surface area contributed by atoms with E-state index in [0.717, 1.165) is 0 Å². The van der Waals surface area contributed by atoms with Gasteiger partial charge < -0.3 is 5.11 Å². The summed E-state index contributed by atoms with van der Waals surface area (Å²) in [5, 5.41) is 8.51. The number of rotatable bonds is 4. The number of Topliss-reactive ketones (excluding diaryl/α,β-unsaturated/α-hetero) is 1. The largest absolute Gasteiger partial charge is 0.481 e. The third kappa shape index (κ3) is 2.65. The molecule has 0 fully saturated rings. The first-order chi connectivity index (χ1) is 6.61. The zero-order valence-corrected chi connectivity index (χ0v) is 7.80. The van der Waals surface area contributed by atoms with Crippen LogP contribution < -0.4 is 0 Å². The summed E-state index contributed by atoms with van der Waals surface area (Å²) < 4.78 is 0. The Hall–Kier alpha value is -1.71. The van der Waals surface area contributed by atoms with Crippen LogP contribution in [-0.4, -0.2) is 21.8 Å². The number of carboxylic acids is 1. The molecule has 1 rings (SSSR count). The topological polar surface area (TPSA) is 67.3 Å². The number of aliphatic carboxylic acids is 1. The van der Waals surface area contributed by atoms with E-state index in [9.17, 15) is 9.59 Å². The molecule has 74 valence electrons. The number of carbonyl (C=O) groups excluding carboxylic acids is 1. The molecular formula is C10H11NO3. The lowest BCUT2D eigenvalue weighted by atomic mass is 10.00. The van der Waals surface area contributed by atoms with Gasteiger partial charge in [0.1, 0.15) is 5.69 Å². The van der Waals surface area contributed by atoms with Crippen molar-refractivity contribution >= 4 is 11.8 Å². The average molecular weight is 193 g/mol. The third-order valence-electron chi connectivity index (χ3n) is 1.85. The highest BCUT2D eigenvalue weighted by Crippen LogP contribution is 2.09. The van der Waals surface area contributed by atoms with Gasteiger partial charge in [-0.1, -0.05) is 13.0 Å². The molecule has 4 heteroatoms. The van der Waals surface area contributed by atoms with Crippen molar-refractivity contribution in [3.8, 4) is 0 Å². The van der Waals surface area contributed by atoms with Crippen LogP contribution >= 0.6 is 0 Å². The van der Waals surface area contributed by atoms with Crippen molar-refractivity contribution in [2.24, 2.45) is 5.92 Å². The van der Waals surface area contributed by atoms with Crippen molar-refractivity contribution in [3.05, 3.63) is 30.1 Å². The molecule has 4 nitrogen and oxygen atoms in total. The molecule has 1 atom stereocenters. The smallest absolute Gasteiger partial charge is 0.304 e. The van der Waals surface area contributed by atoms with Gasteiger partial charge in [0, 0.05) is 12.1 Å². The Morgan fingerprint density at radius 1 is 1.50 bits per heavy atom. The Bertz CT molecular complexity index is 334. The van der Waals surface area contributed by atoms with Crippen LogP contribution in [0.25, 0.3) is 0 Å². The summed E-state index contributed by atoms with van der Waals surface area (Å²) in [5.74, 6) is -1.72. The number of pyridine rings is 1. The van der Waals surface area contributed by atoms with Gasteiger partial charge in [-0.2, -0.15) is 0 Å². The fraction of sp³-hybridized carbons (Fsp3) is 0.300. The molecule has 0 amide bonds. The molecule has 0 saturated heterocycles. The number of aromatic nitrogens is 1. The number of hydrogen-bond acceptors (Lipinski definition) is 3. The van der Waals surface area contributed by atoms with Crippen molar-refractivity contribution in [1.82, 2.24) is 4.98 Å². The molecule has 0 aliphatic heterocycles. The van der Waals surface area contributed by atoms with E-state index >= 15 is 0 Å². The summed E-state index contributed by atoms with van der Waals surface area (Å²) in [6.45, 7) is 1.59. The van der Waals surface area contributed by atoms with Crippen LogP contribution in [0.1, 0.15) is 23.8 Å². The van der Waals surface area contributed by atoms with Crippen LogP contribution in [0.15, 0.2) is 24.4 Å². The lowest BCUT2D eigenvalue weighted by Crippen LogP contribution is -2.16. The standard InChI is InChI=1S/C10H11NO3/c1-7(6-9(12)13)10(14)8-4-2-3-5-11-8/h2-5,7H,6H2,1H3,(H,12,13). The van der Waals surface area contributed by atoms with E-state index in [4.69, 9.17) is 5.11 Å². The summed E-state index contributed by atoms with van der Waals surface area (Å²) in [5.41, 5.74) is 0.321. The van der Waals surface area contributed by atoms with Gasteiger partial charge >= 0.3 is 5.97 Å². The molecule has 0 saturated carbocycles. The van der Waals surface area contributed by atoms with E-state index in [-0.39, 0.29) is 12.2 Å². The molecule has 1 N–H and O–H groups in total. The summed E-state index contributed by atoms with van der Waals surface area (Å²) in [6, 6.07) is 4.99. The minimum Gasteiger partial charge on any atom is -0.481 e. The summed E-state index contributed by atoms with van der Waals surface area (Å²) in [6.07, 6.45) is 1.36. The molecule has 0 aliphatic rings. The first-order valence-electron chi connectivity index (χ1n) is 4.28. The maximum atomic E-state index is 11.6. The highest BCUT2D eigenvalue weighted by atomic mass is 16.4. The van der Waals surface area contributed by atoms with E-state index in [1.54, 1.807) is 25.1 Å². The van der Waals surface area contributed by atoms with Crippen molar-refractivity contribution in [1.29, 1.82) is 0 Å². The van der Waals surface area contributed by atoms with Crippen molar-refractivity contribution in [2.75, 3.05) is 0 Å². The van der Waals surface area contributed by atoms with Gasteiger partial charge in [-0.3, -0.25) is 14.6 Å². The van der Waals surface area contributed by atoms with E-state index in [0.29, 0.717) is 5.69 Å². The number of ketones is 1. The lowest BCUT2D eigenvalue weighted by molar-refractivity contribution is -0.137. The van der Waals surface area contributed by atoms with Crippen molar-refractivity contribution < 1.29 is 14.7 Å². The summed E-state index contributed by atoms with van der Waals surface area (Å²) in [4.78, 5) is 25.8. The summed E-state index contributed by atoms with van der Waals surface area (Å²) >= 11 is 0. The average Bonchev–Trinajstić information content (AvgIpc) is 2.17.